The van der Waals surface area contributed by atoms with E-state index in [9.17, 15) is 17.7 Å². The van der Waals surface area contributed by atoms with Gasteiger partial charge < -0.3 is 4.55 Å². The fraction of sp³-hybridized carbons (Fsp3) is 0.250. The molecule has 1 unspecified atom stereocenters. The maximum Gasteiger partial charge on any atom is 0.418 e. The highest BCUT2D eigenvalue weighted by Gasteiger charge is 2.33. The van der Waals surface area contributed by atoms with Gasteiger partial charge in [-0.3, -0.25) is 4.98 Å². The van der Waals surface area contributed by atoms with E-state index in [0.717, 1.165) is 6.07 Å². The van der Waals surface area contributed by atoms with Gasteiger partial charge in [-0.15, -0.1) is 0 Å². The highest BCUT2D eigenvalue weighted by atomic mass is 32.2. The molecule has 0 fully saturated rings. The van der Waals surface area contributed by atoms with Crippen molar-refractivity contribution < 1.29 is 17.7 Å². The lowest BCUT2D eigenvalue weighted by Crippen LogP contribution is -2.25. The Morgan fingerprint density at radius 2 is 1.86 bits per heavy atom. The molecular weight excluding hydrogens is 387 g/mol. The van der Waals surface area contributed by atoms with Crippen LogP contribution in [0.4, 0.5) is 13.2 Å². The molecule has 0 aliphatic rings. The minimum absolute atomic E-state index is 0.150. The van der Waals surface area contributed by atoms with Crippen LogP contribution in [0.3, 0.4) is 0 Å². The zero-order valence-electron chi connectivity index (χ0n) is 15.5. The first-order chi connectivity index (χ1) is 13.1. The van der Waals surface area contributed by atoms with Crippen molar-refractivity contribution in [1.29, 1.82) is 0 Å². The highest BCUT2D eigenvalue weighted by Crippen LogP contribution is 2.35. The van der Waals surface area contributed by atoms with Crippen molar-refractivity contribution in [2.24, 2.45) is 4.40 Å². The van der Waals surface area contributed by atoms with Crippen LogP contribution in [0.1, 0.15) is 31.9 Å². The summed E-state index contributed by atoms with van der Waals surface area (Å²) in [5.74, 6) is 0. The summed E-state index contributed by atoms with van der Waals surface area (Å²) in [7, 11) is 0. The van der Waals surface area contributed by atoms with E-state index in [0.29, 0.717) is 22.2 Å². The standard InChI is InChI=1S/C20H18F3N3OS/c1-19(2,3)28(27)25-12-15-10-13-6-4-8-16(20(21,22)23)18(13)26-17(15)14-7-5-9-24-11-14/h4-12H,1-3H3/b25-12+. The average molecular weight is 405 g/mol. The summed E-state index contributed by atoms with van der Waals surface area (Å²) < 4.78 is 56.1. The first-order valence-corrected chi connectivity index (χ1v) is 9.55. The summed E-state index contributed by atoms with van der Waals surface area (Å²) in [4.78, 5) is 8.32. The minimum atomic E-state index is -4.53. The van der Waals surface area contributed by atoms with Gasteiger partial charge in [-0.05, 0) is 45.0 Å². The molecule has 8 heteroatoms. The van der Waals surface area contributed by atoms with Gasteiger partial charge in [-0.2, -0.15) is 13.2 Å². The molecule has 3 aromatic rings. The fourth-order valence-corrected chi connectivity index (χ4v) is 3.06. The van der Waals surface area contributed by atoms with Crippen molar-refractivity contribution in [3.63, 3.8) is 0 Å². The molecule has 0 radical (unpaired) electrons. The van der Waals surface area contributed by atoms with Crippen molar-refractivity contribution >= 4 is 28.5 Å². The Balaban J connectivity index is 2.24. The minimum Gasteiger partial charge on any atom is -0.591 e. The fourth-order valence-electron chi connectivity index (χ4n) is 2.54. The SMILES string of the molecule is CC(C)(C)[S+]([O-])/N=C/c1cc2cccc(C(F)(F)F)c2nc1-c1cccnc1. The number of para-hydroxylation sites is 1. The van der Waals surface area contributed by atoms with E-state index < -0.39 is 27.8 Å². The monoisotopic (exact) mass is 405 g/mol. The van der Waals surface area contributed by atoms with Crippen LogP contribution in [0.15, 0.2) is 53.2 Å². The summed E-state index contributed by atoms with van der Waals surface area (Å²) >= 11 is -1.51. The van der Waals surface area contributed by atoms with Crippen LogP contribution in [0.2, 0.25) is 0 Å². The summed E-state index contributed by atoms with van der Waals surface area (Å²) in [6.45, 7) is 5.37. The maximum absolute atomic E-state index is 13.4. The van der Waals surface area contributed by atoms with Gasteiger partial charge in [-0.1, -0.05) is 16.5 Å². The van der Waals surface area contributed by atoms with Crippen LogP contribution in [-0.4, -0.2) is 25.5 Å². The van der Waals surface area contributed by atoms with E-state index in [-0.39, 0.29) is 5.52 Å². The molecule has 1 atom stereocenters. The number of hydrogen-bond donors (Lipinski definition) is 0. The van der Waals surface area contributed by atoms with Crippen molar-refractivity contribution in [2.45, 2.75) is 31.7 Å². The largest absolute Gasteiger partial charge is 0.591 e. The third-order valence-electron chi connectivity index (χ3n) is 3.93. The third kappa shape index (κ3) is 4.34. The lowest BCUT2D eigenvalue weighted by molar-refractivity contribution is -0.136. The molecule has 1 aromatic carbocycles. The normalized spacial score (nSPS) is 14.0. The summed E-state index contributed by atoms with van der Waals surface area (Å²) in [5, 5.41) is 0.324. The van der Waals surface area contributed by atoms with Crippen LogP contribution < -0.4 is 0 Å². The molecule has 28 heavy (non-hydrogen) atoms. The third-order valence-corrected chi connectivity index (χ3v) is 5.27. The molecular formula is C20H18F3N3OS. The number of benzene rings is 1. The number of alkyl halides is 3. The molecule has 0 aliphatic carbocycles. The second-order valence-corrected chi connectivity index (χ2v) is 9.07. The Morgan fingerprint density at radius 1 is 1.11 bits per heavy atom. The molecule has 0 aliphatic heterocycles. The van der Waals surface area contributed by atoms with Gasteiger partial charge in [-0.25, -0.2) is 4.98 Å². The lowest BCUT2D eigenvalue weighted by atomic mass is 10.0. The predicted molar refractivity (Wildman–Crippen MR) is 105 cm³/mol. The molecule has 3 rings (SSSR count). The van der Waals surface area contributed by atoms with Crippen molar-refractivity contribution in [2.75, 3.05) is 0 Å². The predicted octanol–water partition coefficient (Wildman–Crippen LogP) is 5.20. The summed E-state index contributed by atoms with van der Waals surface area (Å²) in [6.07, 6.45) is -0.0466. The Hall–Kier alpha value is -2.45. The van der Waals surface area contributed by atoms with Gasteiger partial charge in [0.1, 0.15) is 16.1 Å². The zero-order chi connectivity index (χ0) is 20.5. The smallest absolute Gasteiger partial charge is 0.418 e. The quantitative estimate of drug-likeness (QED) is 0.445. The maximum atomic E-state index is 13.4. The van der Waals surface area contributed by atoms with Gasteiger partial charge >= 0.3 is 6.18 Å². The molecule has 0 N–H and O–H groups in total. The number of halogens is 3. The number of nitrogens with zero attached hydrogens (tertiary/aromatic N) is 3. The number of pyridine rings is 2. The van der Waals surface area contributed by atoms with Gasteiger partial charge in [0, 0.05) is 28.9 Å². The highest BCUT2D eigenvalue weighted by molar-refractivity contribution is 7.91. The molecule has 0 amide bonds. The van der Waals surface area contributed by atoms with Crippen molar-refractivity contribution in [1.82, 2.24) is 9.97 Å². The molecule has 0 bridgehead atoms. The van der Waals surface area contributed by atoms with Gasteiger partial charge in [0.05, 0.1) is 23.0 Å². The van der Waals surface area contributed by atoms with Crippen LogP contribution in [-0.2, 0) is 17.5 Å². The Labute approximate surface area is 163 Å². The Kier molecular flexibility index (Phi) is 5.45. The van der Waals surface area contributed by atoms with Gasteiger partial charge in [0.2, 0.25) is 0 Å². The van der Waals surface area contributed by atoms with E-state index in [2.05, 4.69) is 14.4 Å². The van der Waals surface area contributed by atoms with E-state index in [1.807, 2.05) is 0 Å². The number of hydrogen-bond acceptors (Lipinski definition) is 4. The Bertz CT molecular complexity index is 1010. The van der Waals surface area contributed by atoms with E-state index in [1.165, 1.54) is 18.5 Å². The number of fused-ring (bicyclic) bond motifs is 1. The molecule has 4 nitrogen and oxygen atoms in total. The Morgan fingerprint density at radius 3 is 2.46 bits per heavy atom. The van der Waals surface area contributed by atoms with Crippen LogP contribution in [0.25, 0.3) is 22.2 Å². The average Bonchev–Trinajstić information content (AvgIpc) is 2.64. The second-order valence-electron chi connectivity index (χ2n) is 7.14. The first kappa shape index (κ1) is 20.3. The van der Waals surface area contributed by atoms with Gasteiger partial charge in [0.15, 0.2) is 0 Å². The molecule has 2 heterocycles. The first-order valence-electron chi connectivity index (χ1n) is 8.45. The molecule has 146 valence electrons. The topological polar surface area (TPSA) is 61.2 Å². The molecule has 2 aromatic heterocycles. The lowest BCUT2D eigenvalue weighted by Gasteiger charge is -2.18. The molecule has 0 saturated heterocycles. The number of aromatic nitrogens is 2. The van der Waals surface area contributed by atoms with E-state index in [1.54, 1.807) is 51.2 Å². The second kappa shape index (κ2) is 7.52. The van der Waals surface area contributed by atoms with Crippen LogP contribution in [0.5, 0.6) is 0 Å². The zero-order valence-corrected chi connectivity index (χ0v) is 16.3. The van der Waals surface area contributed by atoms with Crippen LogP contribution in [0, 0.1) is 0 Å². The van der Waals surface area contributed by atoms with Crippen LogP contribution >= 0.6 is 0 Å². The van der Waals surface area contributed by atoms with E-state index >= 15 is 0 Å². The summed E-state index contributed by atoms with van der Waals surface area (Å²) in [6, 6.07) is 8.85. The van der Waals surface area contributed by atoms with Gasteiger partial charge in [0.25, 0.3) is 0 Å². The van der Waals surface area contributed by atoms with E-state index in [4.69, 9.17) is 0 Å². The number of rotatable bonds is 3. The summed E-state index contributed by atoms with van der Waals surface area (Å²) in [5.41, 5.74) is 0.355. The van der Waals surface area contributed by atoms with Crippen molar-refractivity contribution in [3.8, 4) is 11.3 Å². The molecule has 0 spiro atoms. The van der Waals surface area contributed by atoms with Crippen molar-refractivity contribution in [3.05, 3.63) is 59.9 Å². The molecule has 0 saturated carbocycles.